The number of hydrogen-bond donors (Lipinski definition) is 3. The topological polar surface area (TPSA) is 73.6 Å². The molecule has 3 rings (SSSR count). The van der Waals surface area contributed by atoms with Crippen LogP contribution in [0.1, 0.15) is 37.2 Å². The fourth-order valence-electron chi connectivity index (χ4n) is 2.65. The Balaban J connectivity index is 1.88. The Bertz CT molecular complexity index is 783. The third kappa shape index (κ3) is 2.62. The summed E-state index contributed by atoms with van der Waals surface area (Å²) in [6.07, 6.45) is 7.37. The van der Waals surface area contributed by atoms with Gasteiger partial charge < -0.3 is 15.3 Å². The number of fused-ring (bicyclic) bond motifs is 1. The molecule has 5 nitrogen and oxygen atoms in total. The van der Waals surface area contributed by atoms with Crippen LogP contribution >= 0.6 is 0 Å². The van der Waals surface area contributed by atoms with Gasteiger partial charge in [0.1, 0.15) is 11.3 Å². The van der Waals surface area contributed by atoms with Gasteiger partial charge in [0, 0.05) is 35.6 Å². The highest BCUT2D eigenvalue weighted by molar-refractivity contribution is 5.97. The molecule has 0 aliphatic carbocycles. The van der Waals surface area contributed by atoms with Crippen molar-refractivity contribution in [1.29, 1.82) is 0 Å². The maximum atomic E-state index is 12.3. The second kappa shape index (κ2) is 6.05. The molecule has 5 heteroatoms. The van der Waals surface area contributed by atoms with Gasteiger partial charge in [0.05, 0.1) is 0 Å². The predicted octanol–water partition coefficient (Wildman–Crippen LogP) is 3.48. The second-order valence-corrected chi connectivity index (χ2v) is 5.39. The molecule has 0 atom stereocenters. The summed E-state index contributed by atoms with van der Waals surface area (Å²) in [6, 6.07) is 6.06. The Morgan fingerprint density at radius 3 is 2.86 bits per heavy atom. The lowest BCUT2D eigenvalue weighted by Crippen LogP contribution is -2.33. The molecule has 3 aromatic heterocycles. The molecular formula is C17H20N4O. The number of aromatic nitrogens is 3. The van der Waals surface area contributed by atoms with E-state index in [2.05, 4.69) is 34.1 Å². The van der Waals surface area contributed by atoms with Crippen molar-refractivity contribution in [2.45, 2.75) is 32.7 Å². The normalized spacial score (nSPS) is 11.2. The molecule has 22 heavy (non-hydrogen) atoms. The highest BCUT2D eigenvalue weighted by atomic mass is 16.1. The van der Waals surface area contributed by atoms with E-state index in [9.17, 15) is 4.79 Å². The first-order chi connectivity index (χ1) is 10.7. The Morgan fingerprint density at radius 1 is 1.27 bits per heavy atom. The van der Waals surface area contributed by atoms with Gasteiger partial charge in [-0.2, -0.15) is 0 Å². The number of amides is 1. The summed E-state index contributed by atoms with van der Waals surface area (Å²) in [5.41, 5.74) is 3.48. The van der Waals surface area contributed by atoms with Crippen LogP contribution in [0.2, 0.25) is 0 Å². The molecule has 0 saturated heterocycles. The van der Waals surface area contributed by atoms with Gasteiger partial charge in [0.15, 0.2) is 0 Å². The van der Waals surface area contributed by atoms with E-state index in [4.69, 9.17) is 0 Å². The van der Waals surface area contributed by atoms with Crippen LogP contribution in [0.15, 0.2) is 36.8 Å². The number of pyridine rings is 1. The van der Waals surface area contributed by atoms with Crippen LogP contribution in [0, 0.1) is 0 Å². The molecule has 0 saturated carbocycles. The SMILES string of the molecule is CCC(CC)NC(=O)c1cc(-c2ccnc3[nH]ccc23)c[nH]1. The fourth-order valence-corrected chi connectivity index (χ4v) is 2.65. The molecule has 1 amide bonds. The lowest BCUT2D eigenvalue weighted by atomic mass is 10.1. The first kappa shape index (κ1) is 14.4. The zero-order valence-electron chi connectivity index (χ0n) is 12.8. The first-order valence-corrected chi connectivity index (χ1v) is 7.64. The summed E-state index contributed by atoms with van der Waals surface area (Å²) in [5, 5.41) is 4.09. The molecule has 0 aliphatic heterocycles. The average molecular weight is 296 g/mol. The third-order valence-corrected chi connectivity index (χ3v) is 4.02. The van der Waals surface area contributed by atoms with Crippen molar-refractivity contribution in [2.75, 3.05) is 0 Å². The second-order valence-electron chi connectivity index (χ2n) is 5.39. The van der Waals surface area contributed by atoms with Crippen LogP contribution in [0.25, 0.3) is 22.2 Å². The number of hydrogen-bond acceptors (Lipinski definition) is 2. The standard InChI is InChI=1S/C17H20N4O/c1-3-12(4-2)21-17(22)15-9-11(10-20-15)13-5-7-18-16-14(13)6-8-19-16/h5-10,12,20H,3-4H2,1-2H3,(H,18,19)(H,21,22). The van der Waals surface area contributed by atoms with Gasteiger partial charge >= 0.3 is 0 Å². The lowest BCUT2D eigenvalue weighted by molar-refractivity contribution is 0.0930. The van der Waals surface area contributed by atoms with Gasteiger partial charge in [-0.25, -0.2) is 4.98 Å². The van der Waals surface area contributed by atoms with Gasteiger partial charge in [0.25, 0.3) is 5.91 Å². The lowest BCUT2D eigenvalue weighted by Gasteiger charge is -2.13. The van der Waals surface area contributed by atoms with E-state index in [1.54, 1.807) is 6.20 Å². The van der Waals surface area contributed by atoms with Gasteiger partial charge in [0.2, 0.25) is 0 Å². The first-order valence-electron chi connectivity index (χ1n) is 7.64. The zero-order valence-corrected chi connectivity index (χ0v) is 12.8. The maximum absolute atomic E-state index is 12.3. The monoisotopic (exact) mass is 296 g/mol. The van der Waals surface area contributed by atoms with Crippen LogP contribution in [-0.4, -0.2) is 26.9 Å². The van der Waals surface area contributed by atoms with Crippen LogP contribution in [0.3, 0.4) is 0 Å². The Hall–Kier alpha value is -2.56. The van der Waals surface area contributed by atoms with Crippen molar-refractivity contribution >= 4 is 16.9 Å². The minimum atomic E-state index is -0.0562. The molecule has 0 aliphatic rings. The molecule has 0 fully saturated rings. The van der Waals surface area contributed by atoms with E-state index in [0.29, 0.717) is 5.69 Å². The summed E-state index contributed by atoms with van der Waals surface area (Å²) < 4.78 is 0. The molecule has 0 radical (unpaired) electrons. The van der Waals surface area contributed by atoms with Gasteiger partial charge in [-0.1, -0.05) is 13.8 Å². The summed E-state index contributed by atoms with van der Waals surface area (Å²) in [7, 11) is 0. The van der Waals surface area contributed by atoms with Crippen molar-refractivity contribution in [2.24, 2.45) is 0 Å². The van der Waals surface area contributed by atoms with Crippen LogP contribution in [-0.2, 0) is 0 Å². The molecule has 3 N–H and O–H groups in total. The van der Waals surface area contributed by atoms with E-state index in [1.165, 1.54) is 0 Å². The Morgan fingerprint density at radius 2 is 2.09 bits per heavy atom. The zero-order chi connectivity index (χ0) is 15.5. The van der Waals surface area contributed by atoms with Gasteiger partial charge in [-0.05, 0) is 36.6 Å². The molecule has 114 valence electrons. The molecule has 3 aromatic rings. The van der Waals surface area contributed by atoms with Gasteiger partial charge in [-0.3, -0.25) is 4.79 Å². The summed E-state index contributed by atoms with van der Waals surface area (Å²) in [5.74, 6) is -0.0562. The minimum Gasteiger partial charge on any atom is -0.357 e. The number of nitrogens with zero attached hydrogens (tertiary/aromatic N) is 1. The largest absolute Gasteiger partial charge is 0.357 e. The van der Waals surface area contributed by atoms with E-state index >= 15 is 0 Å². The number of aromatic amines is 2. The number of nitrogens with one attached hydrogen (secondary N) is 3. The van der Waals surface area contributed by atoms with E-state index in [1.807, 2.05) is 30.6 Å². The molecule has 0 bridgehead atoms. The molecule has 0 unspecified atom stereocenters. The molecule has 0 aromatic carbocycles. The van der Waals surface area contributed by atoms with Gasteiger partial charge in [-0.15, -0.1) is 0 Å². The smallest absolute Gasteiger partial charge is 0.267 e. The van der Waals surface area contributed by atoms with Crippen molar-refractivity contribution in [3.05, 3.63) is 42.5 Å². The third-order valence-electron chi connectivity index (χ3n) is 4.02. The number of rotatable bonds is 5. The van der Waals surface area contributed by atoms with Crippen LogP contribution < -0.4 is 5.32 Å². The predicted molar refractivity (Wildman–Crippen MR) is 87.7 cm³/mol. The maximum Gasteiger partial charge on any atom is 0.267 e. The fraction of sp³-hybridized carbons (Fsp3) is 0.294. The van der Waals surface area contributed by atoms with Crippen molar-refractivity contribution in [1.82, 2.24) is 20.3 Å². The number of carbonyl (C=O) groups is 1. The summed E-state index contributed by atoms with van der Waals surface area (Å²) >= 11 is 0. The van der Waals surface area contributed by atoms with Crippen molar-refractivity contribution in [3.8, 4) is 11.1 Å². The average Bonchev–Trinajstić information content (AvgIpc) is 3.20. The minimum absolute atomic E-state index is 0.0562. The van der Waals surface area contributed by atoms with Crippen LogP contribution in [0.5, 0.6) is 0 Å². The number of carbonyl (C=O) groups excluding carboxylic acids is 1. The summed E-state index contributed by atoms with van der Waals surface area (Å²) in [6.45, 7) is 4.16. The quantitative estimate of drug-likeness (QED) is 0.674. The van der Waals surface area contributed by atoms with Crippen LogP contribution in [0.4, 0.5) is 0 Å². The molecule has 0 spiro atoms. The highest BCUT2D eigenvalue weighted by Gasteiger charge is 2.14. The van der Waals surface area contributed by atoms with E-state index in [0.717, 1.165) is 35.0 Å². The molecular weight excluding hydrogens is 276 g/mol. The van der Waals surface area contributed by atoms with Crippen molar-refractivity contribution in [3.63, 3.8) is 0 Å². The van der Waals surface area contributed by atoms with E-state index in [-0.39, 0.29) is 11.9 Å². The highest BCUT2D eigenvalue weighted by Crippen LogP contribution is 2.27. The molecule has 3 heterocycles. The number of H-pyrrole nitrogens is 2. The Kier molecular flexibility index (Phi) is 3.96. The summed E-state index contributed by atoms with van der Waals surface area (Å²) in [4.78, 5) is 22.7. The van der Waals surface area contributed by atoms with Crippen molar-refractivity contribution < 1.29 is 4.79 Å². The Labute approximate surface area is 129 Å². The van der Waals surface area contributed by atoms with E-state index < -0.39 is 0 Å².